The highest BCUT2D eigenvalue weighted by molar-refractivity contribution is 9.10. The van der Waals surface area contributed by atoms with Gasteiger partial charge in [-0.3, -0.25) is 4.79 Å². The van der Waals surface area contributed by atoms with Crippen LogP contribution in [0.15, 0.2) is 16.6 Å². The van der Waals surface area contributed by atoms with Crippen LogP contribution in [0.1, 0.15) is 37.7 Å². The van der Waals surface area contributed by atoms with Crippen LogP contribution in [0.2, 0.25) is 0 Å². The molecule has 1 aliphatic carbocycles. The Morgan fingerprint density at radius 1 is 1.39 bits per heavy atom. The Morgan fingerprint density at radius 2 is 2.17 bits per heavy atom. The highest BCUT2D eigenvalue weighted by Gasteiger charge is 2.40. The van der Waals surface area contributed by atoms with Crippen molar-refractivity contribution < 1.29 is 9.18 Å². The molecule has 1 aromatic rings. The van der Waals surface area contributed by atoms with Gasteiger partial charge in [0.15, 0.2) is 0 Å². The van der Waals surface area contributed by atoms with E-state index in [0.717, 1.165) is 24.1 Å². The van der Waals surface area contributed by atoms with E-state index in [4.69, 9.17) is 0 Å². The Bertz CT molecular complexity index is 517. The molecular formula is C14H15BrFNO. The molecule has 3 atom stereocenters. The van der Waals surface area contributed by atoms with Crippen molar-refractivity contribution in [3.63, 3.8) is 0 Å². The van der Waals surface area contributed by atoms with Crippen molar-refractivity contribution in [2.24, 2.45) is 11.8 Å². The van der Waals surface area contributed by atoms with Gasteiger partial charge < -0.3 is 5.32 Å². The van der Waals surface area contributed by atoms with Crippen LogP contribution in [0.4, 0.5) is 10.1 Å². The number of halogens is 2. The number of rotatable bonds is 1. The first-order chi connectivity index (χ1) is 8.56. The van der Waals surface area contributed by atoms with Gasteiger partial charge in [-0.1, -0.05) is 13.3 Å². The van der Waals surface area contributed by atoms with Gasteiger partial charge in [-0.15, -0.1) is 0 Å². The van der Waals surface area contributed by atoms with Crippen molar-refractivity contribution in [1.29, 1.82) is 0 Å². The van der Waals surface area contributed by atoms with E-state index >= 15 is 0 Å². The Morgan fingerprint density at radius 3 is 2.83 bits per heavy atom. The number of nitrogens with one attached hydrogen (secondary N) is 1. The number of carbonyl (C=O) groups excluding carboxylic acids is 1. The third kappa shape index (κ3) is 1.87. The molecule has 1 fully saturated rings. The molecule has 1 aromatic carbocycles. The molecule has 3 unspecified atom stereocenters. The maximum atomic E-state index is 13.5. The summed E-state index contributed by atoms with van der Waals surface area (Å²) >= 11 is 3.32. The molecule has 1 amide bonds. The first-order valence-corrected chi connectivity index (χ1v) is 7.15. The van der Waals surface area contributed by atoms with Gasteiger partial charge >= 0.3 is 0 Å². The van der Waals surface area contributed by atoms with E-state index in [2.05, 4.69) is 28.2 Å². The molecule has 4 heteroatoms. The van der Waals surface area contributed by atoms with Crippen molar-refractivity contribution in [3.8, 4) is 0 Å². The van der Waals surface area contributed by atoms with Crippen LogP contribution < -0.4 is 5.32 Å². The topological polar surface area (TPSA) is 29.1 Å². The average molecular weight is 312 g/mol. The number of hydrogen-bond donors (Lipinski definition) is 1. The van der Waals surface area contributed by atoms with Crippen LogP contribution in [0.3, 0.4) is 0 Å². The molecule has 3 rings (SSSR count). The zero-order valence-corrected chi connectivity index (χ0v) is 11.8. The monoisotopic (exact) mass is 311 g/mol. The van der Waals surface area contributed by atoms with Crippen molar-refractivity contribution >= 4 is 27.5 Å². The molecule has 1 heterocycles. The number of anilines is 1. The lowest BCUT2D eigenvalue weighted by atomic mass is 9.85. The smallest absolute Gasteiger partial charge is 0.232 e. The zero-order valence-electron chi connectivity index (χ0n) is 10.2. The Hall–Kier alpha value is -0.900. The van der Waals surface area contributed by atoms with E-state index in [1.165, 1.54) is 18.6 Å². The van der Waals surface area contributed by atoms with Crippen molar-refractivity contribution in [3.05, 3.63) is 28.0 Å². The van der Waals surface area contributed by atoms with E-state index in [1.54, 1.807) is 0 Å². The predicted octanol–water partition coefficient (Wildman–Crippen LogP) is 4.06. The lowest BCUT2D eigenvalue weighted by Gasteiger charge is -2.17. The summed E-state index contributed by atoms with van der Waals surface area (Å²) in [5, 5.41) is 2.88. The maximum Gasteiger partial charge on any atom is 0.232 e. The first-order valence-electron chi connectivity index (χ1n) is 6.36. The molecule has 0 aromatic heterocycles. The van der Waals surface area contributed by atoms with Gasteiger partial charge in [-0.2, -0.15) is 0 Å². The summed E-state index contributed by atoms with van der Waals surface area (Å²) < 4.78 is 14.2. The van der Waals surface area contributed by atoms with Gasteiger partial charge in [0.1, 0.15) is 5.82 Å². The minimum absolute atomic E-state index is 0.0235. The largest absolute Gasteiger partial charge is 0.324 e. The van der Waals surface area contributed by atoms with E-state index in [0.29, 0.717) is 16.3 Å². The fraction of sp³-hybridized carbons (Fsp3) is 0.500. The van der Waals surface area contributed by atoms with Crippen LogP contribution >= 0.6 is 15.9 Å². The van der Waals surface area contributed by atoms with Crippen LogP contribution in [-0.2, 0) is 4.79 Å². The lowest BCUT2D eigenvalue weighted by molar-refractivity contribution is -0.118. The molecule has 1 aliphatic heterocycles. The van der Waals surface area contributed by atoms with Gasteiger partial charge in [0.05, 0.1) is 11.6 Å². The lowest BCUT2D eigenvalue weighted by Crippen LogP contribution is -2.19. The number of hydrogen-bond acceptors (Lipinski definition) is 1. The fourth-order valence-electron chi connectivity index (χ4n) is 3.33. The van der Waals surface area contributed by atoms with Crippen molar-refractivity contribution in [2.45, 2.75) is 32.1 Å². The second-order valence-corrected chi connectivity index (χ2v) is 6.35. The first kappa shape index (κ1) is 12.2. The molecule has 96 valence electrons. The number of amides is 1. The Balaban J connectivity index is 2.01. The van der Waals surface area contributed by atoms with Crippen LogP contribution in [-0.4, -0.2) is 5.91 Å². The van der Waals surface area contributed by atoms with Crippen molar-refractivity contribution in [1.82, 2.24) is 0 Å². The van der Waals surface area contributed by atoms with Crippen molar-refractivity contribution in [2.75, 3.05) is 5.32 Å². The number of carbonyl (C=O) groups is 1. The molecule has 0 spiro atoms. The van der Waals surface area contributed by atoms with E-state index in [-0.39, 0.29) is 17.6 Å². The molecule has 2 aliphatic rings. The molecule has 0 bridgehead atoms. The fourth-order valence-corrected chi connectivity index (χ4v) is 3.88. The SMILES string of the molecule is CC1CCC(C2C(=O)Nc3c(Br)cc(F)cc32)C1. The maximum absolute atomic E-state index is 13.5. The highest BCUT2D eigenvalue weighted by Crippen LogP contribution is 2.47. The quantitative estimate of drug-likeness (QED) is 0.832. The summed E-state index contributed by atoms with van der Waals surface area (Å²) in [6.07, 6.45) is 3.29. The zero-order chi connectivity index (χ0) is 12.9. The highest BCUT2D eigenvalue weighted by atomic mass is 79.9. The van der Waals surface area contributed by atoms with Gasteiger partial charge in [-0.25, -0.2) is 4.39 Å². The van der Waals surface area contributed by atoms with Gasteiger partial charge in [-0.05, 0) is 58.3 Å². The minimum atomic E-state index is -0.284. The second-order valence-electron chi connectivity index (χ2n) is 5.50. The van der Waals surface area contributed by atoms with Gasteiger partial charge in [0.2, 0.25) is 5.91 Å². The summed E-state index contributed by atoms with van der Waals surface area (Å²) in [5.41, 5.74) is 1.58. The Labute approximate surface area is 114 Å². The van der Waals surface area contributed by atoms with Gasteiger partial charge in [0, 0.05) is 4.47 Å². The average Bonchev–Trinajstić information content (AvgIpc) is 2.82. The molecule has 1 saturated carbocycles. The van der Waals surface area contributed by atoms with E-state index in [9.17, 15) is 9.18 Å². The molecule has 0 radical (unpaired) electrons. The third-order valence-corrected chi connectivity index (χ3v) is 4.78. The van der Waals surface area contributed by atoms with E-state index in [1.807, 2.05) is 0 Å². The minimum Gasteiger partial charge on any atom is -0.324 e. The number of benzene rings is 1. The molecular weight excluding hydrogens is 297 g/mol. The summed E-state index contributed by atoms with van der Waals surface area (Å²) in [6, 6.07) is 2.91. The summed E-state index contributed by atoms with van der Waals surface area (Å²) in [7, 11) is 0. The standard InChI is InChI=1S/C14H15BrFNO/c1-7-2-3-8(4-7)12-10-5-9(16)6-11(15)13(10)17-14(12)18/h5-8,12H,2-4H2,1H3,(H,17,18). The molecule has 1 N–H and O–H groups in total. The van der Waals surface area contributed by atoms with E-state index < -0.39 is 0 Å². The number of fused-ring (bicyclic) bond motifs is 1. The Kier molecular flexibility index (Phi) is 2.93. The van der Waals surface area contributed by atoms with Gasteiger partial charge in [0.25, 0.3) is 0 Å². The molecule has 2 nitrogen and oxygen atoms in total. The predicted molar refractivity (Wildman–Crippen MR) is 72.0 cm³/mol. The summed E-state index contributed by atoms with van der Waals surface area (Å²) in [5.74, 6) is 0.597. The molecule has 0 saturated heterocycles. The molecule has 18 heavy (non-hydrogen) atoms. The van der Waals surface area contributed by atoms with Crippen LogP contribution in [0.25, 0.3) is 0 Å². The summed E-state index contributed by atoms with van der Waals surface area (Å²) in [6.45, 7) is 2.22. The second kappa shape index (κ2) is 4.34. The third-order valence-electron chi connectivity index (χ3n) is 4.16. The normalized spacial score (nSPS) is 30.4. The summed E-state index contributed by atoms with van der Waals surface area (Å²) in [4.78, 5) is 12.1. The van der Waals surface area contributed by atoms with Crippen LogP contribution in [0, 0.1) is 17.7 Å². The van der Waals surface area contributed by atoms with Crippen LogP contribution in [0.5, 0.6) is 0 Å².